The molecule has 0 radical (unpaired) electrons. The van der Waals surface area contributed by atoms with Crippen molar-refractivity contribution in [1.82, 2.24) is 5.32 Å². The van der Waals surface area contributed by atoms with E-state index in [1.807, 2.05) is 0 Å². The van der Waals surface area contributed by atoms with Crippen LogP contribution in [0.1, 0.15) is 20.3 Å². The van der Waals surface area contributed by atoms with E-state index in [-0.39, 0.29) is 29.0 Å². The van der Waals surface area contributed by atoms with E-state index in [0.29, 0.717) is 0 Å². The predicted octanol–water partition coefficient (Wildman–Crippen LogP) is -1.44. The molecule has 5 N–H and O–H groups in total. The summed E-state index contributed by atoms with van der Waals surface area (Å²) in [6, 6.07) is 0. The van der Waals surface area contributed by atoms with Gasteiger partial charge >= 0.3 is 11.9 Å². The van der Waals surface area contributed by atoms with Gasteiger partial charge in [-0.2, -0.15) is 0 Å². The van der Waals surface area contributed by atoms with Crippen LogP contribution in [0.25, 0.3) is 0 Å². The number of aliphatic hydroxyl groups is 2. The van der Waals surface area contributed by atoms with E-state index in [9.17, 15) is 29.4 Å². The van der Waals surface area contributed by atoms with E-state index in [4.69, 9.17) is 10.2 Å². The number of nitrogens with one attached hydrogen (secondary N) is 1. The maximum Gasteiger partial charge on any atom is 0.340 e. The molecule has 2 atom stereocenters. The van der Waals surface area contributed by atoms with Crippen molar-refractivity contribution in [3.8, 4) is 0 Å². The summed E-state index contributed by atoms with van der Waals surface area (Å²) < 4.78 is 0. The highest BCUT2D eigenvalue weighted by Crippen LogP contribution is 2.25. The summed E-state index contributed by atoms with van der Waals surface area (Å²) in [5.74, 6) is -5.70. The minimum atomic E-state index is -2.29. The third kappa shape index (κ3) is 3.38. The van der Waals surface area contributed by atoms with Crippen molar-refractivity contribution in [2.24, 2.45) is 0 Å². The van der Waals surface area contributed by atoms with Crippen LogP contribution in [0.4, 0.5) is 0 Å². The van der Waals surface area contributed by atoms with Crippen molar-refractivity contribution in [2.75, 3.05) is 0 Å². The van der Waals surface area contributed by atoms with Crippen LogP contribution in [0, 0.1) is 0 Å². The van der Waals surface area contributed by atoms with Gasteiger partial charge < -0.3 is 25.7 Å². The smallest absolute Gasteiger partial charge is 0.340 e. The van der Waals surface area contributed by atoms with Gasteiger partial charge in [0, 0.05) is 29.0 Å². The molecule has 0 saturated carbocycles. The SMILES string of the molecule is CC1=C(C(=O)C(O)C(=O)O)CC(C(=O)C(O)C(=O)O)=C(C)N1. The Bertz CT molecular complexity index is 564. The molecule has 1 aliphatic rings. The van der Waals surface area contributed by atoms with Crippen molar-refractivity contribution in [2.45, 2.75) is 32.5 Å². The molecule has 0 aromatic carbocycles. The van der Waals surface area contributed by atoms with Crippen molar-refractivity contribution >= 4 is 23.5 Å². The van der Waals surface area contributed by atoms with E-state index in [1.54, 1.807) is 0 Å². The summed E-state index contributed by atoms with van der Waals surface area (Å²) in [6.07, 6.45) is -4.95. The van der Waals surface area contributed by atoms with Crippen LogP contribution < -0.4 is 5.32 Å². The number of hydrogen-bond donors (Lipinski definition) is 5. The molecular weight excluding hydrogens is 298 g/mol. The number of aliphatic carboxylic acids is 2. The van der Waals surface area contributed by atoms with Crippen LogP contribution in [0.15, 0.2) is 22.5 Å². The number of Topliss-reactive ketones (excluding diaryl/α,β-unsaturated/α-hetero) is 2. The maximum atomic E-state index is 11.9. The number of carbonyl (C=O) groups excluding carboxylic acids is 2. The first kappa shape index (κ1) is 17.5. The lowest BCUT2D eigenvalue weighted by Crippen LogP contribution is -2.37. The Kier molecular flexibility index (Phi) is 5.18. The molecule has 2 unspecified atom stereocenters. The van der Waals surface area contributed by atoms with E-state index in [2.05, 4.69) is 5.32 Å². The van der Waals surface area contributed by atoms with Gasteiger partial charge in [-0.3, -0.25) is 9.59 Å². The molecule has 0 aromatic rings. The van der Waals surface area contributed by atoms with Crippen LogP contribution in [-0.4, -0.2) is 56.1 Å². The van der Waals surface area contributed by atoms with Gasteiger partial charge in [0.25, 0.3) is 0 Å². The van der Waals surface area contributed by atoms with Crippen LogP contribution in [0.2, 0.25) is 0 Å². The number of dihydropyridines is 1. The molecule has 0 amide bonds. The molecule has 120 valence electrons. The van der Waals surface area contributed by atoms with E-state index < -0.39 is 35.7 Å². The molecule has 0 spiro atoms. The maximum absolute atomic E-state index is 11.9. The number of hydrogen-bond acceptors (Lipinski definition) is 7. The number of rotatable bonds is 6. The van der Waals surface area contributed by atoms with E-state index in [0.717, 1.165) is 0 Å². The van der Waals surface area contributed by atoms with Gasteiger partial charge in [0.15, 0.2) is 0 Å². The molecule has 0 fully saturated rings. The van der Waals surface area contributed by atoms with Gasteiger partial charge in [0.1, 0.15) is 0 Å². The second kappa shape index (κ2) is 6.50. The molecule has 1 aliphatic heterocycles. The van der Waals surface area contributed by atoms with Gasteiger partial charge in [-0.05, 0) is 13.8 Å². The number of aliphatic hydroxyl groups excluding tert-OH is 2. The van der Waals surface area contributed by atoms with Crippen molar-refractivity contribution in [3.05, 3.63) is 22.5 Å². The van der Waals surface area contributed by atoms with Crippen molar-refractivity contribution < 1.29 is 39.6 Å². The zero-order valence-corrected chi connectivity index (χ0v) is 11.8. The highest BCUT2D eigenvalue weighted by molar-refractivity contribution is 6.14. The van der Waals surface area contributed by atoms with Gasteiger partial charge in [-0.15, -0.1) is 0 Å². The van der Waals surface area contributed by atoms with Gasteiger partial charge in [0.05, 0.1) is 0 Å². The fourth-order valence-corrected chi connectivity index (χ4v) is 1.97. The average Bonchev–Trinajstić information content (AvgIpc) is 2.44. The Labute approximate surface area is 124 Å². The standard InChI is InChI=1S/C13H15NO8/c1-4-6(8(15)10(17)12(19)20)3-7(5(2)14-4)9(16)11(18)13(21)22/h10-11,14,17-18H,3H2,1-2H3,(H,19,20)(H,21,22). The third-order valence-corrected chi connectivity index (χ3v) is 3.19. The summed E-state index contributed by atoms with van der Waals surface area (Å²) >= 11 is 0. The van der Waals surface area contributed by atoms with Gasteiger partial charge in [0.2, 0.25) is 23.8 Å². The lowest BCUT2D eigenvalue weighted by atomic mass is 9.89. The lowest BCUT2D eigenvalue weighted by Gasteiger charge is -2.24. The zero-order valence-electron chi connectivity index (χ0n) is 11.8. The number of carboxylic acids is 2. The highest BCUT2D eigenvalue weighted by atomic mass is 16.4. The fraction of sp³-hybridized carbons (Fsp3) is 0.385. The largest absolute Gasteiger partial charge is 0.479 e. The summed E-state index contributed by atoms with van der Waals surface area (Å²) in [6.45, 7) is 2.89. The molecule has 9 nitrogen and oxygen atoms in total. The number of ketones is 2. The molecule has 0 aliphatic carbocycles. The summed E-state index contributed by atoms with van der Waals surface area (Å²) in [5.41, 5.74) is 0.149. The van der Waals surface area contributed by atoms with Crippen LogP contribution >= 0.6 is 0 Å². The average molecular weight is 313 g/mol. The molecule has 22 heavy (non-hydrogen) atoms. The molecule has 0 aromatic heterocycles. The molecule has 1 heterocycles. The Morgan fingerprint density at radius 1 is 0.864 bits per heavy atom. The molecule has 9 heteroatoms. The van der Waals surface area contributed by atoms with Crippen LogP contribution in [0.5, 0.6) is 0 Å². The lowest BCUT2D eigenvalue weighted by molar-refractivity contribution is -0.151. The van der Waals surface area contributed by atoms with Crippen LogP contribution in [-0.2, 0) is 19.2 Å². The Balaban J connectivity index is 3.10. The highest BCUT2D eigenvalue weighted by Gasteiger charge is 2.34. The number of allylic oxidation sites excluding steroid dienone is 2. The monoisotopic (exact) mass is 313 g/mol. The first-order valence-corrected chi connectivity index (χ1v) is 6.14. The fourth-order valence-electron chi connectivity index (χ4n) is 1.97. The van der Waals surface area contributed by atoms with Crippen LogP contribution in [0.3, 0.4) is 0 Å². The zero-order chi connectivity index (χ0) is 17.2. The first-order valence-electron chi connectivity index (χ1n) is 6.14. The summed E-state index contributed by atoms with van der Waals surface area (Å²) in [5, 5.41) is 38.5. The molecule has 0 saturated heterocycles. The Hall–Kier alpha value is -2.52. The third-order valence-electron chi connectivity index (χ3n) is 3.19. The van der Waals surface area contributed by atoms with Gasteiger partial charge in [-0.1, -0.05) is 0 Å². The van der Waals surface area contributed by atoms with E-state index >= 15 is 0 Å². The summed E-state index contributed by atoms with van der Waals surface area (Å²) in [7, 11) is 0. The van der Waals surface area contributed by atoms with E-state index in [1.165, 1.54) is 13.8 Å². The molecular formula is C13H15NO8. The minimum Gasteiger partial charge on any atom is -0.479 e. The van der Waals surface area contributed by atoms with Gasteiger partial charge in [-0.25, -0.2) is 9.59 Å². The molecule has 0 bridgehead atoms. The minimum absolute atomic E-state index is 0.165. The van der Waals surface area contributed by atoms with Crippen molar-refractivity contribution in [1.29, 1.82) is 0 Å². The van der Waals surface area contributed by atoms with Crippen molar-refractivity contribution in [3.63, 3.8) is 0 Å². The topological polar surface area (TPSA) is 161 Å². The molecule has 1 rings (SSSR count). The Morgan fingerprint density at radius 3 is 1.45 bits per heavy atom. The number of carboxylic acid groups (broad SMARTS) is 2. The quantitative estimate of drug-likeness (QED) is 0.369. The predicted molar refractivity (Wildman–Crippen MR) is 70.5 cm³/mol. The normalized spacial score (nSPS) is 17.6. The second-order valence-electron chi connectivity index (χ2n) is 4.72. The first-order chi connectivity index (χ1) is 10.1. The second-order valence-corrected chi connectivity index (χ2v) is 4.72. The summed E-state index contributed by atoms with van der Waals surface area (Å²) in [4.78, 5) is 45.1. The Morgan fingerprint density at radius 2 is 1.18 bits per heavy atom. The number of carbonyl (C=O) groups is 4.